The maximum atomic E-state index is 13.0. The number of anilines is 1. The molecule has 0 bridgehead atoms. The van der Waals surface area contributed by atoms with Gasteiger partial charge in [-0.15, -0.1) is 0 Å². The van der Waals surface area contributed by atoms with Gasteiger partial charge in [-0.2, -0.15) is 0 Å². The van der Waals surface area contributed by atoms with Crippen molar-refractivity contribution in [3.63, 3.8) is 0 Å². The smallest absolute Gasteiger partial charge is 0.317 e. The van der Waals surface area contributed by atoms with Crippen molar-refractivity contribution >= 4 is 33.9 Å². The molecule has 0 radical (unpaired) electrons. The molecule has 6 heteroatoms. The van der Waals surface area contributed by atoms with Crippen LogP contribution in [-0.2, 0) is 9.53 Å². The zero-order valence-electron chi connectivity index (χ0n) is 15.5. The molecule has 0 amide bonds. The van der Waals surface area contributed by atoms with Crippen LogP contribution in [0.1, 0.15) is 18.5 Å². The second kappa shape index (κ2) is 6.27. The third-order valence-electron chi connectivity index (χ3n) is 5.32. The number of aromatic nitrogens is 3. The Morgan fingerprint density at radius 2 is 2.00 bits per heavy atom. The van der Waals surface area contributed by atoms with Crippen molar-refractivity contribution < 1.29 is 9.53 Å². The summed E-state index contributed by atoms with van der Waals surface area (Å²) in [5.74, 6) is -0.176. The van der Waals surface area contributed by atoms with Crippen molar-refractivity contribution in [1.29, 1.82) is 0 Å². The fourth-order valence-corrected chi connectivity index (χ4v) is 4.14. The quantitative estimate of drug-likeness (QED) is 0.528. The van der Waals surface area contributed by atoms with Crippen LogP contribution in [0.25, 0.3) is 21.9 Å². The van der Waals surface area contributed by atoms with E-state index in [-0.39, 0.29) is 12.0 Å². The monoisotopic (exact) mass is 372 g/mol. The highest BCUT2D eigenvalue weighted by Gasteiger charge is 2.41. The van der Waals surface area contributed by atoms with E-state index in [2.05, 4.69) is 27.5 Å². The fourth-order valence-electron chi connectivity index (χ4n) is 4.14. The van der Waals surface area contributed by atoms with E-state index >= 15 is 0 Å². The molecule has 5 rings (SSSR count). The van der Waals surface area contributed by atoms with Gasteiger partial charge in [-0.3, -0.25) is 4.79 Å². The summed E-state index contributed by atoms with van der Waals surface area (Å²) in [5, 5.41) is 4.29. The first-order valence-electron chi connectivity index (χ1n) is 9.34. The topological polar surface area (TPSA) is 71.9 Å². The van der Waals surface area contributed by atoms with Crippen molar-refractivity contribution in [2.45, 2.75) is 13.0 Å². The van der Waals surface area contributed by atoms with Crippen molar-refractivity contribution in [2.24, 2.45) is 5.92 Å². The van der Waals surface area contributed by atoms with Crippen molar-refractivity contribution in [1.82, 2.24) is 14.5 Å². The van der Waals surface area contributed by atoms with Crippen LogP contribution in [0.3, 0.4) is 0 Å². The van der Waals surface area contributed by atoms with Crippen LogP contribution in [0.4, 0.5) is 5.95 Å². The van der Waals surface area contributed by atoms with Gasteiger partial charge < -0.3 is 19.6 Å². The summed E-state index contributed by atoms with van der Waals surface area (Å²) in [4.78, 5) is 21.0. The molecule has 0 saturated carbocycles. The summed E-state index contributed by atoms with van der Waals surface area (Å²) in [6, 6.07) is 15.7. The Hall–Kier alpha value is -3.54. The van der Waals surface area contributed by atoms with Gasteiger partial charge in [0.2, 0.25) is 5.95 Å². The third-order valence-corrected chi connectivity index (χ3v) is 5.32. The Balaban J connectivity index is 1.80. The number of para-hydroxylation sites is 3. The molecule has 140 valence electrons. The van der Waals surface area contributed by atoms with Gasteiger partial charge in [-0.25, -0.2) is 4.98 Å². The number of hydrogen-bond acceptors (Lipinski definition) is 4. The Morgan fingerprint density at radius 3 is 2.86 bits per heavy atom. The second-order valence-corrected chi connectivity index (χ2v) is 6.91. The predicted molar refractivity (Wildman–Crippen MR) is 109 cm³/mol. The molecule has 0 unspecified atom stereocenters. The van der Waals surface area contributed by atoms with Crippen LogP contribution < -0.4 is 5.32 Å². The first kappa shape index (κ1) is 16.6. The Kier molecular flexibility index (Phi) is 3.72. The molecule has 1 aliphatic rings. The summed E-state index contributed by atoms with van der Waals surface area (Å²) in [5.41, 5.74) is 4.46. The number of H-pyrrole nitrogens is 1. The maximum absolute atomic E-state index is 13.0. The normalized spacial score (nSPS) is 18.8. The number of nitrogens with one attached hydrogen (secondary N) is 2. The van der Waals surface area contributed by atoms with Crippen LogP contribution in [0.2, 0.25) is 0 Å². The van der Waals surface area contributed by atoms with E-state index in [0.717, 1.165) is 27.5 Å². The summed E-state index contributed by atoms with van der Waals surface area (Å²) in [6.07, 6.45) is 1.97. The summed E-state index contributed by atoms with van der Waals surface area (Å²) in [6.45, 7) is 6.27. The molecule has 1 aliphatic heterocycles. The van der Waals surface area contributed by atoms with E-state index in [1.165, 1.54) is 0 Å². The van der Waals surface area contributed by atoms with Crippen molar-refractivity contribution in [3.8, 4) is 0 Å². The zero-order valence-corrected chi connectivity index (χ0v) is 15.5. The first-order valence-corrected chi connectivity index (χ1v) is 9.34. The largest absolute Gasteiger partial charge is 0.465 e. The van der Waals surface area contributed by atoms with Gasteiger partial charge in [0.25, 0.3) is 0 Å². The van der Waals surface area contributed by atoms with E-state index in [0.29, 0.717) is 18.3 Å². The SMILES string of the molecule is C=C1Nc2nc3ccccc3n2[C@@H](c2c[nH]c3ccccc23)[C@@H]1C(=O)OCC. The lowest BCUT2D eigenvalue weighted by molar-refractivity contribution is -0.147. The Labute approximate surface area is 161 Å². The number of esters is 1. The van der Waals surface area contributed by atoms with Gasteiger partial charge in [-0.05, 0) is 25.1 Å². The molecule has 0 saturated heterocycles. The Bertz CT molecular complexity index is 1220. The lowest BCUT2D eigenvalue weighted by Crippen LogP contribution is -2.37. The van der Waals surface area contributed by atoms with E-state index in [9.17, 15) is 4.79 Å². The number of benzene rings is 2. The summed E-state index contributed by atoms with van der Waals surface area (Å²) < 4.78 is 7.50. The fraction of sp³-hybridized carbons (Fsp3) is 0.182. The number of ether oxygens (including phenoxy) is 1. The maximum Gasteiger partial charge on any atom is 0.317 e. The minimum Gasteiger partial charge on any atom is -0.465 e. The number of imidazole rings is 1. The highest BCUT2D eigenvalue weighted by Crippen LogP contribution is 2.43. The molecule has 2 aromatic carbocycles. The number of hydrogen-bond donors (Lipinski definition) is 2. The van der Waals surface area contributed by atoms with E-state index in [1.54, 1.807) is 0 Å². The average Bonchev–Trinajstić information content (AvgIpc) is 3.28. The summed E-state index contributed by atoms with van der Waals surface area (Å²) >= 11 is 0. The molecule has 2 N–H and O–H groups in total. The van der Waals surface area contributed by atoms with Gasteiger partial charge in [0.15, 0.2) is 0 Å². The van der Waals surface area contributed by atoms with Gasteiger partial charge in [0.05, 0.1) is 23.7 Å². The van der Waals surface area contributed by atoms with Crippen LogP contribution in [0, 0.1) is 5.92 Å². The molecule has 3 heterocycles. The van der Waals surface area contributed by atoms with E-state index in [4.69, 9.17) is 9.72 Å². The number of fused-ring (bicyclic) bond motifs is 4. The highest BCUT2D eigenvalue weighted by molar-refractivity contribution is 5.88. The standard InChI is InChI=1S/C22H20N4O2/c1-3-28-21(27)19-13(2)24-22-25-17-10-6-7-11-18(17)26(22)20(19)15-12-23-16-9-5-4-8-14(15)16/h4-12,19-20,23H,2-3H2,1H3,(H,24,25)/t19-,20+/m1/s1. The van der Waals surface area contributed by atoms with Crippen LogP contribution in [0.5, 0.6) is 0 Å². The minimum absolute atomic E-state index is 0.293. The van der Waals surface area contributed by atoms with Crippen molar-refractivity contribution in [3.05, 3.63) is 72.6 Å². The Morgan fingerprint density at radius 1 is 1.21 bits per heavy atom. The predicted octanol–water partition coefficient (Wildman–Crippen LogP) is 4.23. The molecule has 4 aromatic rings. The van der Waals surface area contributed by atoms with Gasteiger partial charge >= 0.3 is 5.97 Å². The summed E-state index contributed by atoms with van der Waals surface area (Å²) in [7, 11) is 0. The van der Waals surface area contributed by atoms with Gasteiger partial charge in [0, 0.05) is 28.4 Å². The molecule has 0 aliphatic carbocycles. The molecule has 2 atom stereocenters. The highest BCUT2D eigenvalue weighted by atomic mass is 16.5. The molecule has 0 fully saturated rings. The number of rotatable bonds is 3. The van der Waals surface area contributed by atoms with Gasteiger partial charge in [0.1, 0.15) is 5.92 Å². The van der Waals surface area contributed by atoms with Crippen molar-refractivity contribution in [2.75, 3.05) is 11.9 Å². The number of carbonyl (C=O) groups is 1. The lowest BCUT2D eigenvalue weighted by Gasteiger charge is -2.34. The zero-order chi connectivity index (χ0) is 19.3. The number of nitrogens with zero attached hydrogens (tertiary/aromatic N) is 2. The molecule has 2 aromatic heterocycles. The average molecular weight is 372 g/mol. The number of aromatic amines is 1. The lowest BCUT2D eigenvalue weighted by atomic mass is 9.88. The second-order valence-electron chi connectivity index (χ2n) is 6.91. The van der Waals surface area contributed by atoms with E-state index in [1.807, 2.05) is 55.6 Å². The van der Waals surface area contributed by atoms with Crippen LogP contribution in [0.15, 0.2) is 67.0 Å². The molecular formula is C22H20N4O2. The number of carbonyl (C=O) groups excluding carboxylic acids is 1. The van der Waals surface area contributed by atoms with Gasteiger partial charge in [-0.1, -0.05) is 36.9 Å². The van der Waals surface area contributed by atoms with E-state index < -0.39 is 5.92 Å². The minimum atomic E-state index is -0.565. The molecular weight excluding hydrogens is 352 g/mol. The molecule has 28 heavy (non-hydrogen) atoms. The third kappa shape index (κ3) is 2.34. The van der Waals surface area contributed by atoms with Crippen LogP contribution >= 0.6 is 0 Å². The first-order chi connectivity index (χ1) is 13.7. The molecule has 6 nitrogen and oxygen atoms in total. The van der Waals surface area contributed by atoms with Crippen LogP contribution in [-0.4, -0.2) is 27.1 Å². The molecule has 0 spiro atoms.